The lowest BCUT2D eigenvalue weighted by molar-refractivity contribution is -0.161. The predicted molar refractivity (Wildman–Crippen MR) is 491 cm³/mol. The van der Waals surface area contributed by atoms with Gasteiger partial charge in [-0.3, -0.25) is 32.5 Å². The number of unbranched alkanes of at least 4 members (excludes halogenated alkanes) is 30. The monoisotopic (exact) mass is 1670 g/mol. The maximum absolute atomic E-state index is 13.1. The van der Waals surface area contributed by atoms with Crippen LogP contribution in [0.25, 0.3) is 0 Å². The molecule has 0 fully saturated rings. The minimum Gasteiger partial charge on any atom is -0.463 e. The molecule has 0 bridgehead atoms. The first-order chi connectivity index (χ1) is 57.2. The molecule has 0 saturated heterocycles. The van der Waals surface area contributed by atoms with E-state index in [0.29, 0.717) is 19.3 Å². The van der Waals surface area contributed by atoms with Crippen LogP contribution in [0.3, 0.4) is 0 Å². The normalized spacial score (nSPS) is 14.7. The van der Waals surface area contributed by atoms with Gasteiger partial charge in [0.2, 0.25) is 0 Å². The smallest absolute Gasteiger partial charge is 0.463 e. The molecule has 16 nitrogen and oxygen atoms in total. The summed E-state index contributed by atoms with van der Waals surface area (Å²) in [6.07, 6.45) is 119. The fourth-order valence-electron chi connectivity index (χ4n) is 11.9. The fraction of sp³-hybridized carbons (Fsp3) is 0.646. The predicted octanol–water partition coefficient (Wildman–Crippen LogP) is 28.2. The number of hydrogen-bond donors (Lipinski definition) is 4. The van der Waals surface area contributed by atoms with Crippen LogP contribution in [-0.2, 0) is 55.8 Å². The summed E-state index contributed by atoms with van der Waals surface area (Å²) < 4.78 is 61.5. The lowest BCUT2D eigenvalue weighted by Gasteiger charge is -2.21. The highest BCUT2D eigenvalue weighted by atomic mass is 31.2. The van der Waals surface area contributed by atoms with Crippen molar-refractivity contribution in [1.29, 1.82) is 0 Å². The molecular weight excluding hydrogens is 1510 g/mol. The number of carbonyl (C=O) groups is 3. The molecule has 0 amide bonds. The van der Waals surface area contributed by atoms with E-state index >= 15 is 0 Å². The molecule has 0 radical (unpaired) electrons. The van der Waals surface area contributed by atoms with Crippen molar-refractivity contribution in [1.82, 2.24) is 0 Å². The number of hydrogen-bond acceptors (Lipinski definition) is 14. The quantitative estimate of drug-likeness (QED) is 0.0146. The summed E-state index contributed by atoms with van der Waals surface area (Å²) in [6, 6.07) is 0. The van der Waals surface area contributed by atoms with Gasteiger partial charge in [-0.1, -0.05) is 363 Å². The van der Waals surface area contributed by atoms with Gasteiger partial charge in [-0.25, -0.2) is 9.13 Å². The third kappa shape index (κ3) is 91.0. The van der Waals surface area contributed by atoms with Crippen molar-refractivity contribution in [2.45, 2.75) is 373 Å². The Morgan fingerprint density at radius 2 is 0.453 bits per heavy atom. The second kappa shape index (κ2) is 89.6. The average Bonchev–Trinajstić information content (AvgIpc) is 0.897. The maximum Gasteiger partial charge on any atom is 0.472 e. The van der Waals surface area contributed by atoms with Crippen molar-refractivity contribution >= 4 is 33.6 Å². The number of esters is 3. The van der Waals surface area contributed by atoms with Crippen LogP contribution >= 0.6 is 15.6 Å². The molecule has 0 aromatic carbocycles. The van der Waals surface area contributed by atoms with E-state index in [9.17, 15) is 43.5 Å². The van der Waals surface area contributed by atoms with E-state index in [0.717, 1.165) is 205 Å². The van der Waals surface area contributed by atoms with Crippen molar-refractivity contribution < 1.29 is 75.8 Å². The zero-order chi connectivity index (χ0) is 85.1. The highest BCUT2D eigenvalue weighted by molar-refractivity contribution is 7.47. The molecule has 18 heteroatoms. The van der Waals surface area contributed by atoms with Crippen LogP contribution in [0.4, 0.5) is 0 Å². The Kier molecular flexibility index (Phi) is 85.3. The fourth-order valence-corrected chi connectivity index (χ4v) is 13.5. The summed E-state index contributed by atoms with van der Waals surface area (Å²) in [5.74, 6) is -1.61. The number of carbonyl (C=O) groups excluding carboxylic acids is 3. The van der Waals surface area contributed by atoms with Gasteiger partial charge >= 0.3 is 33.6 Å². The van der Waals surface area contributed by atoms with E-state index < -0.39 is 91.5 Å². The van der Waals surface area contributed by atoms with Gasteiger partial charge in [0.1, 0.15) is 25.4 Å². The van der Waals surface area contributed by atoms with E-state index in [1.807, 2.05) is 0 Å². The zero-order valence-electron chi connectivity index (χ0n) is 73.3. The molecule has 0 saturated carbocycles. The van der Waals surface area contributed by atoms with Crippen LogP contribution in [0.5, 0.6) is 0 Å². The van der Waals surface area contributed by atoms with Crippen LogP contribution in [0, 0.1) is 0 Å². The van der Waals surface area contributed by atoms with Gasteiger partial charge in [0.05, 0.1) is 26.4 Å². The maximum atomic E-state index is 13.1. The van der Waals surface area contributed by atoms with Crippen molar-refractivity contribution in [3.8, 4) is 0 Å². The first kappa shape index (κ1) is 111. The zero-order valence-corrected chi connectivity index (χ0v) is 75.1. The minimum atomic E-state index is -4.96. The van der Waals surface area contributed by atoms with Gasteiger partial charge in [-0.2, -0.15) is 0 Å². The van der Waals surface area contributed by atoms with Crippen molar-refractivity contribution in [2.24, 2.45) is 0 Å². The number of aliphatic hydroxyl groups excluding tert-OH is 2. The highest BCUT2D eigenvalue weighted by Crippen LogP contribution is 2.45. The summed E-state index contributed by atoms with van der Waals surface area (Å²) in [5, 5.41) is 20.7. The Hall–Kier alpha value is -5.61. The molecule has 5 unspecified atom stereocenters. The number of phosphoric acid groups is 2. The molecule has 666 valence electrons. The van der Waals surface area contributed by atoms with Gasteiger partial charge in [-0.15, -0.1) is 0 Å². The van der Waals surface area contributed by atoms with Crippen LogP contribution < -0.4 is 0 Å². The Morgan fingerprint density at radius 3 is 0.718 bits per heavy atom. The van der Waals surface area contributed by atoms with E-state index in [4.69, 9.17) is 32.3 Å². The lowest BCUT2D eigenvalue weighted by Crippen LogP contribution is -2.30. The minimum absolute atomic E-state index is 0.0774. The summed E-state index contributed by atoms with van der Waals surface area (Å²) >= 11 is 0. The highest BCUT2D eigenvalue weighted by Gasteiger charge is 2.29. The van der Waals surface area contributed by atoms with E-state index in [1.54, 1.807) is 0 Å². The van der Waals surface area contributed by atoms with E-state index in [-0.39, 0.29) is 19.3 Å². The second-order valence-electron chi connectivity index (χ2n) is 30.0. The van der Waals surface area contributed by atoms with Gasteiger partial charge in [0, 0.05) is 19.3 Å². The van der Waals surface area contributed by atoms with Gasteiger partial charge in [0.25, 0.3) is 0 Å². The first-order valence-electron chi connectivity index (χ1n) is 45.7. The third-order valence-electron chi connectivity index (χ3n) is 18.8. The SMILES string of the molecule is CC/C=C\C/C=C\C/C=C\C/C=C\C/C=C\C/C=C\CCCCCCCCCCC(=O)OCC(COP(=O)(O)OCC(O)COP(=O)(O)OCC(O)COC(=O)CCCCCCCCCCCCCCC/C=C\C/C=C\C/C=C\C/C=C\CCCCC)OC(=O)CCCCCCCC/C=C\C/C=C\C/C=C\C/C=C\C/C=C\C/C=C\CC. The van der Waals surface area contributed by atoms with Crippen molar-refractivity contribution in [2.75, 3.05) is 39.6 Å². The Bertz CT molecular complexity index is 2910. The molecule has 0 aromatic rings. The summed E-state index contributed by atoms with van der Waals surface area (Å²) in [6.45, 7) is 2.42. The van der Waals surface area contributed by atoms with Crippen molar-refractivity contribution in [3.63, 3.8) is 0 Å². The standard InChI is InChI=1S/C99H164O16P2/c1-4-7-10-13-16-19-22-25-28-31-34-37-40-43-45-46-48-51-52-55-58-61-64-67-70-73-76-79-82-85-97(102)109-88-94(100)89-111-116(105,106)112-90-95(101)91-113-117(107,108)114-93-96(115-99(104)87-84-81-78-75-72-69-66-63-60-57-54-49-42-39-36-33-30-27-24-21-18-15-12-9-6-3)92-110-98(103)86-83-80-77-74-71-68-65-62-59-56-53-50-47-44-41-38-35-32-29-26-23-20-17-14-11-8-5-2/h8-9,11-12,16-21,25-30,34-39,43-45,47,49,53-54,56,60,63,94-96,100-101H,4-7,10,13-15,22-24,31-33,40-42,46,48,50-52,55,57-59,61-62,64-93H2,1-3H3,(H,105,106)(H,107,108)/b11-8-,12-9-,19-16-,20-17-,21-18-,28-25-,29-26-,30-27-,37-34-,38-35-,39-36-,45-43-,47-44-,54-49-,56-53-,63-60-. The second-order valence-corrected chi connectivity index (χ2v) is 32.9. The van der Waals surface area contributed by atoms with Gasteiger partial charge in [-0.05, 0) is 167 Å². The van der Waals surface area contributed by atoms with Crippen LogP contribution in [0.1, 0.15) is 355 Å². The molecule has 0 heterocycles. The molecule has 0 aliphatic rings. The van der Waals surface area contributed by atoms with Crippen LogP contribution in [0.2, 0.25) is 0 Å². The third-order valence-corrected chi connectivity index (χ3v) is 20.7. The molecule has 117 heavy (non-hydrogen) atoms. The molecule has 0 aliphatic carbocycles. The molecule has 5 atom stereocenters. The number of rotatable bonds is 85. The molecular formula is C99H164O16P2. The molecule has 0 aromatic heterocycles. The Labute approximate surface area is 712 Å². The summed E-state index contributed by atoms with van der Waals surface area (Å²) in [7, 11) is -9.83. The summed E-state index contributed by atoms with van der Waals surface area (Å²) in [5.41, 5.74) is 0. The van der Waals surface area contributed by atoms with Crippen LogP contribution in [-0.4, -0.2) is 95.9 Å². The summed E-state index contributed by atoms with van der Waals surface area (Å²) in [4.78, 5) is 59.0. The van der Waals surface area contributed by atoms with Gasteiger partial charge < -0.3 is 34.2 Å². The topological polar surface area (TPSA) is 231 Å². The van der Waals surface area contributed by atoms with E-state index in [2.05, 4.69) is 215 Å². The number of phosphoric ester groups is 2. The average molecular weight is 1670 g/mol. The molecule has 0 spiro atoms. The largest absolute Gasteiger partial charge is 0.472 e. The number of aliphatic hydroxyl groups is 2. The Morgan fingerprint density at radius 1 is 0.248 bits per heavy atom. The van der Waals surface area contributed by atoms with Crippen molar-refractivity contribution in [3.05, 3.63) is 194 Å². The molecule has 4 N–H and O–H groups in total. The molecule has 0 rings (SSSR count). The lowest BCUT2D eigenvalue weighted by atomic mass is 10.0. The van der Waals surface area contributed by atoms with Gasteiger partial charge in [0.15, 0.2) is 6.10 Å². The molecule has 0 aliphatic heterocycles. The number of ether oxygens (including phenoxy) is 3. The Balaban J connectivity index is 4.70. The van der Waals surface area contributed by atoms with Crippen LogP contribution in [0.15, 0.2) is 194 Å². The first-order valence-corrected chi connectivity index (χ1v) is 48.7. The van der Waals surface area contributed by atoms with E-state index in [1.165, 1.54) is 89.9 Å². The number of allylic oxidation sites excluding steroid dienone is 32.